The Morgan fingerprint density at radius 2 is 0.955 bits per heavy atom. The number of rotatable bonds is 15. The van der Waals surface area contributed by atoms with Crippen LogP contribution in [0.15, 0.2) is 217 Å². The molecule has 2 unspecified atom stereocenters. The van der Waals surface area contributed by atoms with Crippen LogP contribution in [0, 0.1) is 5.92 Å². The molecule has 67 heavy (non-hydrogen) atoms. The van der Waals surface area contributed by atoms with Crippen molar-refractivity contribution in [2.45, 2.75) is 37.9 Å². The Morgan fingerprint density at radius 1 is 0.493 bits per heavy atom. The lowest BCUT2D eigenvalue weighted by molar-refractivity contribution is 0.194. The minimum Gasteiger partial charge on any atom is -0.510 e. The Morgan fingerprint density at radius 3 is 1.51 bits per heavy atom. The molecule has 0 amide bonds. The molecule has 332 valence electrons. The summed E-state index contributed by atoms with van der Waals surface area (Å²) in [7, 11) is 0. The smallest absolute Gasteiger partial charge is 0.142 e. The number of thioether (sulfide) groups is 1. The van der Waals surface area contributed by atoms with E-state index in [4.69, 9.17) is 9.47 Å². The molecule has 2 aliphatic rings. The van der Waals surface area contributed by atoms with Crippen LogP contribution >= 0.6 is 23.1 Å². The molecule has 10 rings (SSSR count). The average Bonchev–Trinajstić information content (AvgIpc) is 3.92. The second kappa shape index (κ2) is 20.3. The summed E-state index contributed by atoms with van der Waals surface area (Å²) in [6.07, 6.45) is 7.88. The van der Waals surface area contributed by atoms with Crippen molar-refractivity contribution < 1.29 is 19.7 Å². The van der Waals surface area contributed by atoms with Gasteiger partial charge in [0, 0.05) is 27.3 Å². The van der Waals surface area contributed by atoms with Crippen LogP contribution in [0.1, 0.15) is 38.2 Å². The van der Waals surface area contributed by atoms with Crippen LogP contribution in [-0.4, -0.2) is 28.7 Å². The third kappa shape index (κ3) is 9.65. The molecule has 2 heterocycles. The van der Waals surface area contributed by atoms with Crippen LogP contribution in [-0.2, 0) is 4.74 Å². The SMILES string of the molecule is CC1SC(c2cc(-c3ccccc3)cc(-c3ccccc3)c2)=C(O)C1C1=CCCC=C1OCCCCOc1ccccc1-c1csc(-c2cc(-c3ccccc3)cc(-c3ccccc3)c2)c1O. The monoisotopic (exact) mass is 912 g/mol. The van der Waals surface area contributed by atoms with Gasteiger partial charge < -0.3 is 19.7 Å². The second-order valence-electron chi connectivity index (χ2n) is 17.1. The van der Waals surface area contributed by atoms with E-state index in [1.54, 1.807) is 23.1 Å². The van der Waals surface area contributed by atoms with Crippen LogP contribution in [0.2, 0.25) is 0 Å². The van der Waals surface area contributed by atoms with Crippen LogP contribution in [0.3, 0.4) is 0 Å². The number of unbranched alkanes of at least 4 members (excludes halogenated alkanes) is 1. The molecule has 0 spiro atoms. The number of benzene rings is 7. The van der Waals surface area contributed by atoms with E-state index in [1.807, 2.05) is 53.9 Å². The zero-order chi connectivity index (χ0) is 45.5. The Hall–Kier alpha value is -6.99. The van der Waals surface area contributed by atoms with Crippen molar-refractivity contribution in [2.24, 2.45) is 5.92 Å². The van der Waals surface area contributed by atoms with Gasteiger partial charge >= 0.3 is 0 Å². The molecular weight excluding hydrogens is 861 g/mol. The molecule has 2 atom stereocenters. The van der Waals surface area contributed by atoms with Crippen LogP contribution in [0.5, 0.6) is 11.5 Å². The molecule has 4 nitrogen and oxygen atoms in total. The van der Waals surface area contributed by atoms with E-state index in [1.165, 1.54) is 0 Å². The normalized spacial score (nSPS) is 15.8. The zero-order valence-corrected chi connectivity index (χ0v) is 39.1. The van der Waals surface area contributed by atoms with Gasteiger partial charge in [0.25, 0.3) is 0 Å². The predicted octanol–water partition coefficient (Wildman–Crippen LogP) is 16.9. The molecule has 1 aliphatic carbocycles. The van der Waals surface area contributed by atoms with E-state index < -0.39 is 0 Å². The first-order valence-corrected chi connectivity index (χ1v) is 24.9. The first kappa shape index (κ1) is 43.9. The molecular formula is C61H52O4S2. The third-order valence-electron chi connectivity index (χ3n) is 12.6. The lowest BCUT2D eigenvalue weighted by atomic mass is 9.87. The number of aromatic hydroxyl groups is 1. The van der Waals surface area contributed by atoms with E-state index in [0.717, 1.165) is 119 Å². The van der Waals surface area contributed by atoms with E-state index in [2.05, 4.69) is 153 Å². The molecule has 0 radical (unpaired) electrons. The largest absolute Gasteiger partial charge is 0.510 e. The number of ether oxygens (including phenoxy) is 2. The summed E-state index contributed by atoms with van der Waals surface area (Å²) in [6.45, 7) is 3.26. The molecule has 2 N–H and O–H groups in total. The molecule has 1 aromatic heterocycles. The van der Waals surface area contributed by atoms with Crippen molar-refractivity contribution in [2.75, 3.05) is 13.2 Å². The van der Waals surface area contributed by atoms with Gasteiger partial charge in [0.05, 0.1) is 28.9 Å². The molecule has 0 saturated carbocycles. The fourth-order valence-electron chi connectivity index (χ4n) is 9.23. The fraction of sp³-hybridized carbons (Fsp3) is 0.148. The van der Waals surface area contributed by atoms with E-state index in [0.29, 0.717) is 19.0 Å². The van der Waals surface area contributed by atoms with Gasteiger partial charge in [-0.2, -0.15) is 0 Å². The molecule has 7 aromatic carbocycles. The highest BCUT2D eigenvalue weighted by Gasteiger charge is 2.38. The maximum atomic E-state index is 12.1. The topological polar surface area (TPSA) is 58.9 Å². The Labute approximate surface area is 402 Å². The van der Waals surface area contributed by atoms with E-state index in [-0.39, 0.29) is 16.9 Å². The van der Waals surface area contributed by atoms with Gasteiger partial charge in [0.1, 0.15) is 23.0 Å². The Kier molecular flexibility index (Phi) is 13.3. The molecule has 0 fully saturated rings. The van der Waals surface area contributed by atoms with Gasteiger partial charge in [-0.3, -0.25) is 0 Å². The highest BCUT2D eigenvalue weighted by atomic mass is 32.2. The van der Waals surface area contributed by atoms with Crippen LogP contribution in [0.25, 0.3) is 71.0 Å². The van der Waals surface area contributed by atoms with Crippen molar-refractivity contribution in [1.82, 2.24) is 0 Å². The number of thiophene rings is 1. The number of hydrogen-bond acceptors (Lipinski definition) is 6. The standard InChI is InChI=1S/C61H52O4S2/c1-41-57(59(63)61(67-41)51-38-48(44-24-10-4-11-25-44)35-49(39-51)45-26-12-5-13-27-45)53-29-15-17-31-56(53)65-33-19-18-32-64-55-30-16-14-28-52(55)54-40-66-60(58(54)62)50-36-46(42-20-6-2-7-21-42)34-47(37-50)43-22-8-3-9-23-43/h2-14,16,20-31,34-41,57,62-63H,15,17-19,32-33H2,1H3. The van der Waals surface area contributed by atoms with Gasteiger partial charge in [0.15, 0.2) is 0 Å². The average molecular weight is 913 g/mol. The van der Waals surface area contributed by atoms with Gasteiger partial charge in [-0.25, -0.2) is 0 Å². The minimum absolute atomic E-state index is 0.130. The number of aliphatic hydroxyl groups excluding tert-OH is 1. The molecule has 0 bridgehead atoms. The van der Waals surface area contributed by atoms with Gasteiger partial charge in [0.2, 0.25) is 0 Å². The van der Waals surface area contributed by atoms with Crippen molar-refractivity contribution in [1.29, 1.82) is 0 Å². The number of allylic oxidation sites excluding steroid dienone is 4. The first-order chi connectivity index (χ1) is 33.0. The van der Waals surface area contributed by atoms with Gasteiger partial charge in [-0.1, -0.05) is 153 Å². The van der Waals surface area contributed by atoms with Gasteiger partial charge in [-0.05, 0) is 130 Å². The Balaban J connectivity index is 0.806. The van der Waals surface area contributed by atoms with E-state index >= 15 is 0 Å². The predicted molar refractivity (Wildman–Crippen MR) is 281 cm³/mol. The minimum atomic E-state index is -0.167. The lowest BCUT2D eigenvalue weighted by Crippen LogP contribution is -2.18. The van der Waals surface area contributed by atoms with Crippen LogP contribution in [0.4, 0.5) is 0 Å². The summed E-state index contributed by atoms with van der Waals surface area (Å²) in [5.74, 6) is 2.11. The van der Waals surface area contributed by atoms with Crippen molar-refractivity contribution in [3.63, 3.8) is 0 Å². The van der Waals surface area contributed by atoms with Crippen molar-refractivity contribution in [3.8, 4) is 77.6 Å². The lowest BCUT2D eigenvalue weighted by Gasteiger charge is -2.25. The number of para-hydroxylation sites is 1. The molecule has 6 heteroatoms. The molecule has 8 aromatic rings. The molecule has 0 saturated heterocycles. The summed E-state index contributed by atoms with van der Waals surface area (Å²) in [5.41, 5.74) is 13.7. The van der Waals surface area contributed by atoms with E-state index in [9.17, 15) is 10.2 Å². The zero-order valence-electron chi connectivity index (χ0n) is 37.5. The summed E-state index contributed by atoms with van der Waals surface area (Å²) in [6, 6.07) is 62.9. The van der Waals surface area contributed by atoms with Crippen LogP contribution < -0.4 is 4.74 Å². The second-order valence-corrected chi connectivity index (χ2v) is 19.4. The maximum absolute atomic E-state index is 12.1. The molecule has 1 aliphatic heterocycles. The highest BCUT2D eigenvalue weighted by Crippen LogP contribution is 2.52. The summed E-state index contributed by atoms with van der Waals surface area (Å²) >= 11 is 3.29. The third-order valence-corrected chi connectivity index (χ3v) is 14.9. The van der Waals surface area contributed by atoms with Gasteiger partial charge in [-0.15, -0.1) is 23.1 Å². The summed E-state index contributed by atoms with van der Waals surface area (Å²) in [4.78, 5) is 1.75. The maximum Gasteiger partial charge on any atom is 0.142 e. The highest BCUT2D eigenvalue weighted by molar-refractivity contribution is 8.09. The Bertz CT molecular complexity index is 2960. The summed E-state index contributed by atoms with van der Waals surface area (Å²) < 4.78 is 13.0. The van der Waals surface area contributed by atoms with Crippen molar-refractivity contribution in [3.05, 3.63) is 222 Å². The number of hydrogen-bond donors (Lipinski definition) is 2. The summed E-state index contributed by atoms with van der Waals surface area (Å²) in [5, 5.41) is 26.1. The quantitative estimate of drug-likeness (QED) is 0.100. The fourth-order valence-corrected chi connectivity index (χ4v) is 11.5. The first-order valence-electron chi connectivity index (χ1n) is 23.2. The number of aliphatic hydroxyl groups is 1. The van der Waals surface area contributed by atoms with Crippen molar-refractivity contribution >= 4 is 28.0 Å².